The molecule has 5 aromatic carbocycles. The molecule has 10 aromatic heterocycles. The van der Waals surface area contributed by atoms with Crippen molar-refractivity contribution in [3.63, 3.8) is 0 Å². The second-order valence-corrected chi connectivity index (χ2v) is 42.6. The van der Waals surface area contributed by atoms with Crippen LogP contribution in [-0.2, 0) is 19.1 Å². The van der Waals surface area contributed by atoms with Crippen LogP contribution in [0, 0.1) is 0 Å². The van der Waals surface area contributed by atoms with Crippen LogP contribution < -0.4 is 32.3 Å². The Morgan fingerprint density at radius 3 is 0.901 bits per heavy atom. The Bertz CT molecular complexity index is 6250. The maximum absolute atomic E-state index is 12.1. The molecule has 766 valence electrons. The third-order valence-corrected chi connectivity index (χ3v) is 27.5. The lowest BCUT2D eigenvalue weighted by Crippen LogP contribution is -2.52. The lowest BCUT2D eigenvalue weighted by Gasteiger charge is -2.40. The van der Waals surface area contributed by atoms with Crippen LogP contribution >= 0.6 is 202 Å². The molecule has 4 aliphatic heterocycles. The predicted molar refractivity (Wildman–Crippen MR) is 639 cm³/mol. The molecule has 0 spiro atoms. The molecule has 4 saturated heterocycles. The van der Waals surface area contributed by atoms with Gasteiger partial charge in [0.2, 0.25) is 11.1 Å². The fourth-order valence-corrected chi connectivity index (χ4v) is 19.2. The number of halogens is 5. The molecule has 25 nitrogen and oxygen atoms in total. The minimum Gasteiger partial charge on any atom is -0.444 e. The number of carbonyl (C=O) groups excluding carboxylic acids is 4. The SMILES string of the molecule is C.C.C.C.C.CC(=O)Cl.CC(=O)N1CC(c2ccc([C@H](C)Nc3ncnc4sccc34)cc2)C1.CC(C)(C)OC(=O)N1CC(I)C1.C[C@H](N)c1ccc(Br)cc1.C[C@H](Nc1ncnc2sccc12)c1ccc(Br)cc1.C[C@H](Nc1ncnc2sccc12)c1ccc(C2CN(C(=O)OC(C)(C)C)C2)cc1.C[C@H](Nc1ncnc2sccc12)c1ccc(C2CNC2)cc1.Clc1ncnc2sccc12.S.S.S.S.S. The first-order valence-electron chi connectivity index (χ1n) is 42.6. The van der Waals surface area contributed by atoms with Gasteiger partial charge in [-0.3, -0.25) is 9.59 Å². The summed E-state index contributed by atoms with van der Waals surface area (Å²) in [6.07, 6.45) is 7.50. The van der Waals surface area contributed by atoms with Crippen LogP contribution in [0.2, 0.25) is 5.15 Å². The number of alkyl halides is 1. The monoisotopic (exact) mass is 2390 g/mol. The lowest BCUT2D eigenvalue weighted by atomic mass is 9.90. The van der Waals surface area contributed by atoms with Crippen molar-refractivity contribution in [3.8, 4) is 0 Å². The van der Waals surface area contributed by atoms with E-state index < -0.39 is 5.60 Å². The topological polar surface area (TPSA) is 312 Å². The Balaban J connectivity index is 0.000000561. The average Bonchev–Trinajstić information content (AvgIpc) is 1.73. The molecule has 141 heavy (non-hydrogen) atoms. The number of benzene rings is 5. The molecule has 0 radical (unpaired) electrons. The highest BCUT2D eigenvalue weighted by Gasteiger charge is 2.36. The van der Waals surface area contributed by atoms with Gasteiger partial charge in [-0.1, -0.05) is 200 Å². The van der Waals surface area contributed by atoms with Crippen LogP contribution in [0.3, 0.4) is 0 Å². The highest BCUT2D eigenvalue weighted by atomic mass is 127. The Morgan fingerprint density at radius 2 is 0.645 bits per heavy atom. The van der Waals surface area contributed by atoms with Gasteiger partial charge in [-0.25, -0.2) is 59.4 Å². The molecule has 4 aliphatic rings. The number of nitrogens with one attached hydrogen (secondary N) is 5. The summed E-state index contributed by atoms with van der Waals surface area (Å²) in [5.74, 6) is 5.21. The van der Waals surface area contributed by atoms with E-state index in [0.717, 1.165) is 123 Å². The van der Waals surface area contributed by atoms with E-state index in [1.807, 2.05) is 123 Å². The lowest BCUT2D eigenvalue weighted by molar-refractivity contribution is -0.133. The van der Waals surface area contributed by atoms with Gasteiger partial charge in [-0.2, -0.15) is 67.5 Å². The van der Waals surface area contributed by atoms with E-state index in [-0.39, 0.29) is 164 Å². The highest BCUT2D eigenvalue weighted by molar-refractivity contribution is 14.1. The maximum atomic E-state index is 12.1. The number of nitrogens with zero attached hydrogens (tertiary/aromatic N) is 13. The van der Waals surface area contributed by atoms with Crippen LogP contribution in [0.15, 0.2) is 219 Å². The predicted octanol–water partition coefficient (Wildman–Crippen LogP) is 28.6. The first-order valence-corrected chi connectivity index (χ1v) is 50.6. The largest absolute Gasteiger partial charge is 0.444 e. The molecule has 5 atom stereocenters. The summed E-state index contributed by atoms with van der Waals surface area (Å²) in [5, 5.41) is 32.8. The summed E-state index contributed by atoms with van der Waals surface area (Å²) in [4.78, 5) is 96.7. The zero-order valence-corrected chi connectivity index (χ0v) is 93.3. The van der Waals surface area contributed by atoms with Crippen molar-refractivity contribution in [1.29, 1.82) is 0 Å². The fraction of sp³-hybridized carbons (Fsp3) is 0.366. The molecule has 14 heterocycles. The first-order chi connectivity index (χ1) is 62.6. The maximum Gasteiger partial charge on any atom is 0.410 e. The van der Waals surface area contributed by atoms with Gasteiger partial charge in [0.05, 0.1) is 21.5 Å². The molecule has 0 unspecified atom stereocenters. The van der Waals surface area contributed by atoms with Gasteiger partial charge in [0.25, 0.3) is 0 Å². The van der Waals surface area contributed by atoms with Gasteiger partial charge in [0.1, 0.15) is 95.4 Å². The van der Waals surface area contributed by atoms with Gasteiger partial charge in [-0.05, 0) is 214 Å². The van der Waals surface area contributed by atoms with E-state index in [0.29, 0.717) is 39.9 Å². The number of amides is 3. The molecular formula is C101H136Br2Cl2IN19O6S10. The summed E-state index contributed by atoms with van der Waals surface area (Å²) >= 11 is 27.6. The second kappa shape index (κ2) is 61.5. The third kappa shape index (κ3) is 38.2. The minimum absolute atomic E-state index is 0. The van der Waals surface area contributed by atoms with Crippen molar-refractivity contribution in [2.45, 2.75) is 190 Å². The van der Waals surface area contributed by atoms with Crippen molar-refractivity contribution in [3.05, 3.63) is 269 Å². The van der Waals surface area contributed by atoms with Crippen LogP contribution in [-0.4, -0.2) is 155 Å². The van der Waals surface area contributed by atoms with E-state index in [1.54, 1.807) is 98.7 Å². The van der Waals surface area contributed by atoms with Crippen LogP contribution in [0.5, 0.6) is 0 Å². The molecular weight excluding hydrogens is 2250 g/mol. The zero-order valence-electron chi connectivity index (χ0n) is 77.3. The number of fused-ring (bicyclic) bond motifs is 5. The second-order valence-electron chi connectivity index (χ2n) is 33.6. The molecule has 4 fully saturated rings. The number of ether oxygens (including phenoxy) is 2. The molecule has 7 N–H and O–H groups in total. The summed E-state index contributed by atoms with van der Waals surface area (Å²) in [6, 6.07) is 53.5. The molecule has 0 bridgehead atoms. The van der Waals surface area contributed by atoms with Crippen molar-refractivity contribution in [2.75, 3.05) is 73.6 Å². The fourth-order valence-electron chi connectivity index (χ4n) is 13.8. The summed E-state index contributed by atoms with van der Waals surface area (Å²) in [7, 11) is 0. The van der Waals surface area contributed by atoms with E-state index in [9.17, 15) is 19.2 Å². The number of hydrogen-bond acceptors (Lipinski definition) is 27. The molecule has 3 amide bonds. The Kier molecular flexibility index (Phi) is 56.4. The van der Waals surface area contributed by atoms with Crippen molar-refractivity contribution >= 4 is 300 Å². The van der Waals surface area contributed by atoms with E-state index in [4.69, 9.17) is 26.8 Å². The molecule has 0 saturated carbocycles. The number of nitrogens with two attached hydrogens (primary N) is 1. The molecule has 40 heteroatoms. The highest BCUT2D eigenvalue weighted by Crippen LogP contribution is 2.37. The van der Waals surface area contributed by atoms with Crippen LogP contribution in [0.25, 0.3) is 51.1 Å². The summed E-state index contributed by atoms with van der Waals surface area (Å²) in [5.41, 5.74) is 14.9. The zero-order chi connectivity index (χ0) is 93.6. The minimum atomic E-state index is -0.453. The summed E-state index contributed by atoms with van der Waals surface area (Å²) in [6.45, 7) is 31.7. The van der Waals surface area contributed by atoms with Gasteiger partial charge >= 0.3 is 12.2 Å². The quantitative estimate of drug-likeness (QED) is 0.0227. The number of carbonyl (C=O) groups is 4. The number of rotatable bonds is 16. The molecule has 19 rings (SSSR count). The first kappa shape index (κ1) is 129. The normalized spacial score (nSPS) is 13.8. The van der Waals surface area contributed by atoms with Crippen molar-refractivity contribution in [2.24, 2.45) is 5.73 Å². The van der Waals surface area contributed by atoms with E-state index in [2.05, 4.69) is 279 Å². The van der Waals surface area contributed by atoms with Crippen LogP contribution in [0.1, 0.15) is 220 Å². The third-order valence-electron chi connectivity index (χ3n) is 21.3. The Morgan fingerprint density at radius 1 is 0.397 bits per heavy atom. The summed E-state index contributed by atoms with van der Waals surface area (Å²) < 4.78 is 13.4. The van der Waals surface area contributed by atoms with Gasteiger partial charge in [0, 0.05) is 132 Å². The van der Waals surface area contributed by atoms with Gasteiger partial charge in [0.15, 0.2) is 0 Å². The number of anilines is 4. The van der Waals surface area contributed by atoms with Crippen molar-refractivity contribution in [1.82, 2.24) is 69.9 Å². The van der Waals surface area contributed by atoms with Gasteiger partial charge < -0.3 is 56.5 Å². The van der Waals surface area contributed by atoms with E-state index >= 15 is 0 Å². The molecule has 15 aromatic rings. The van der Waals surface area contributed by atoms with Crippen LogP contribution in [0.4, 0.5) is 32.9 Å². The number of likely N-dealkylation sites (tertiary alicyclic amines) is 3. The smallest absolute Gasteiger partial charge is 0.410 e. The average molecular weight is 2390 g/mol. The van der Waals surface area contributed by atoms with Gasteiger partial charge in [-0.15, -0.1) is 56.7 Å². The molecule has 0 aliphatic carbocycles. The Labute approximate surface area is 927 Å². The Hall–Kier alpha value is -7.88. The standard InChI is InChI=1S/C22H26N4O2S.C19H20N4OS.C17H18N4S.C14H12BrN3S.C8H10BrN.C8H14INO2.C6H3ClN2S.C2H3ClO.5CH4.5H2S/c1-14(25-19-18-9-10-29-20(18)24-13-23-19)15-5-7-16(8-6-15)17-11-26(12-17)21(27)28-22(2,3)4;1-12(22-18-17-7-8-25-19(17)21-11-20-18)14-3-5-15(6-4-14)16-9-23(10-16)13(2)24;1-11(12-2-4-13(5-3-12)14-8-18-9-14)21-16-15-6-7-22-17(15)20-10-19-16;1-9(10-2-4-11(15)5-3-10)18-13-12-6-7-19-14(12)17-8-16-13;1-6(10)7-2-4-8(9)5-3-7;1-8(2,3)12-7(11)10-4-6(9)5-10;7-5-4-1-2-10-6(4)9-3-8-5;1-2(3)4;;;;;;;;;;/h5-10,13-14,17H,11-12H2,1-4H3,(H,23,24,25);3-8,11-12,16H,9-10H2,1-2H3,(H,20,21,22);2-7,10-11,14,18H,8-9H2,1H3,(H,19,20,21);2-9H,1H3,(H,16,17,18);2-6H,10H2,1H3;6H,4-5H2,1-3H3;1-3H;1H3;5*1H4;5*1H2/t14-;12-;11-;9-;6-;;;;;;;;;;;;;/m00000............./s1. The number of aromatic nitrogens is 10. The van der Waals surface area contributed by atoms with Crippen molar-refractivity contribution < 1.29 is 28.7 Å². The number of thiophene rings is 5. The van der Waals surface area contributed by atoms with E-state index in [1.165, 1.54) is 57.8 Å². The number of hydrogen-bond donors (Lipinski definition) is 6.